The lowest BCUT2D eigenvalue weighted by molar-refractivity contribution is -0.147. The number of hydrogen-bond donors (Lipinski definition) is 2. The Balaban J connectivity index is 1.76. The van der Waals surface area contributed by atoms with Crippen LogP contribution in [0.25, 0.3) is 0 Å². The van der Waals surface area contributed by atoms with E-state index in [-0.39, 0.29) is 18.1 Å². The molecule has 0 spiro atoms. The van der Waals surface area contributed by atoms with Crippen molar-refractivity contribution < 1.29 is 19.4 Å². The van der Waals surface area contributed by atoms with Crippen LogP contribution in [0.15, 0.2) is 24.3 Å². The normalized spacial score (nSPS) is 31.2. The molecule has 3 rings (SSSR count). The van der Waals surface area contributed by atoms with Gasteiger partial charge < -0.3 is 15.2 Å². The van der Waals surface area contributed by atoms with Gasteiger partial charge in [-0.1, -0.05) is 0 Å². The largest absolute Gasteiger partial charge is 0.481 e. The first kappa shape index (κ1) is 13.8. The van der Waals surface area contributed by atoms with Crippen LogP contribution in [0.2, 0.25) is 0 Å². The van der Waals surface area contributed by atoms with E-state index < -0.39 is 17.8 Å². The summed E-state index contributed by atoms with van der Waals surface area (Å²) in [7, 11) is 0. The van der Waals surface area contributed by atoms with E-state index in [0.717, 1.165) is 16.4 Å². The van der Waals surface area contributed by atoms with Crippen LogP contribution in [0, 0.1) is 15.4 Å². The monoisotopic (exact) mass is 387 g/mol. The number of carboxylic acid groups (broad SMARTS) is 1. The number of carbonyl (C=O) groups excluding carboxylic acids is 1. The summed E-state index contributed by atoms with van der Waals surface area (Å²) in [5.41, 5.74) is 0.683. The second kappa shape index (κ2) is 5.33. The van der Waals surface area contributed by atoms with E-state index in [4.69, 9.17) is 4.74 Å². The minimum Gasteiger partial charge on any atom is -0.481 e. The van der Waals surface area contributed by atoms with Gasteiger partial charge in [-0.25, -0.2) is 0 Å². The summed E-state index contributed by atoms with van der Waals surface area (Å²) < 4.78 is 6.67. The third kappa shape index (κ3) is 2.42. The van der Waals surface area contributed by atoms with Crippen LogP contribution in [-0.4, -0.2) is 29.2 Å². The molecule has 1 amide bonds. The highest BCUT2D eigenvalue weighted by molar-refractivity contribution is 14.1. The van der Waals surface area contributed by atoms with Crippen molar-refractivity contribution in [3.05, 3.63) is 27.8 Å². The third-order valence-electron chi connectivity index (χ3n) is 3.97. The summed E-state index contributed by atoms with van der Waals surface area (Å²) in [6.45, 7) is 0. The summed E-state index contributed by atoms with van der Waals surface area (Å²) >= 11 is 2.18. The maximum atomic E-state index is 12.3. The molecule has 2 bridgehead atoms. The van der Waals surface area contributed by atoms with Crippen molar-refractivity contribution in [2.45, 2.75) is 25.0 Å². The summed E-state index contributed by atoms with van der Waals surface area (Å²) in [6.07, 6.45) is 0.920. The maximum absolute atomic E-state index is 12.3. The van der Waals surface area contributed by atoms with Gasteiger partial charge in [-0.2, -0.15) is 0 Å². The number of aliphatic carboxylic acids is 1. The van der Waals surface area contributed by atoms with E-state index in [0.29, 0.717) is 5.69 Å². The summed E-state index contributed by atoms with van der Waals surface area (Å²) in [5, 5.41) is 12.1. The topological polar surface area (TPSA) is 75.6 Å². The molecule has 2 saturated heterocycles. The molecule has 2 heterocycles. The minimum atomic E-state index is -0.944. The fourth-order valence-electron chi connectivity index (χ4n) is 3.08. The standard InChI is InChI=1S/C14H14INO4/c15-7-1-3-8(4-2-7)16-13(17)11-9-5-6-10(20-9)12(11)14(18)19/h1-4,9-12H,5-6H2,(H,16,17)(H,18,19)/t9-,10-,11+,12-/m1/s1. The molecule has 0 radical (unpaired) electrons. The Hall–Kier alpha value is -1.15. The molecule has 5 nitrogen and oxygen atoms in total. The van der Waals surface area contributed by atoms with Crippen molar-refractivity contribution in [1.82, 2.24) is 0 Å². The van der Waals surface area contributed by atoms with Crippen molar-refractivity contribution in [3.8, 4) is 0 Å². The molecule has 4 atom stereocenters. The van der Waals surface area contributed by atoms with Crippen LogP contribution >= 0.6 is 22.6 Å². The average Bonchev–Trinajstić information content (AvgIpc) is 3.01. The lowest BCUT2D eigenvalue weighted by Crippen LogP contribution is -2.40. The lowest BCUT2D eigenvalue weighted by Gasteiger charge is -2.23. The van der Waals surface area contributed by atoms with Crippen LogP contribution < -0.4 is 5.32 Å². The van der Waals surface area contributed by atoms with Gasteiger partial charge in [0, 0.05) is 9.26 Å². The van der Waals surface area contributed by atoms with E-state index in [1.807, 2.05) is 24.3 Å². The minimum absolute atomic E-state index is 0.259. The summed E-state index contributed by atoms with van der Waals surface area (Å²) in [4.78, 5) is 23.7. The van der Waals surface area contributed by atoms with Gasteiger partial charge in [-0.05, 0) is 59.7 Å². The maximum Gasteiger partial charge on any atom is 0.310 e. The van der Waals surface area contributed by atoms with E-state index >= 15 is 0 Å². The fourth-order valence-corrected chi connectivity index (χ4v) is 3.44. The molecule has 2 aliphatic heterocycles. The molecule has 2 aliphatic rings. The van der Waals surface area contributed by atoms with Gasteiger partial charge in [0.25, 0.3) is 0 Å². The molecular weight excluding hydrogens is 373 g/mol. The summed E-state index contributed by atoms with van der Waals surface area (Å²) in [5.74, 6) is -2.52. The number of halogens is 1. The molecule has 0 aromatic heterocycles. The van der Waals surface area contributed by atoms with Gasteiger partial charge in [0.15, 0.2) is 0 Å². The zero-order valence-corrected chi connectivity index (χ0v) is 12.7. The van der Waals surface area contributed by atoms with Crippen molar-refractivity contribution in [2.75, 3.05) is 5.32 Å². The number of anilines is 1. The Morgan fingerprint density at radius 2 is 1.75 bits per heavy atom. The Morgan fingerprint density at radius 3 is 2.35 bits per heavy atom. The van der Waals surface area contributed by atoms with Gasteiger partial charge in [0.05, 0.1) is 24.0 Å². The van der Waals surface area contributed by atoms with Gasteiger partial charge in [-0.15, -0.1) is 0 Å². The number of ether oxygens (including phenoxy) is 1. The number of hydrogen-bond acceptors (Lipinski definition) is 3. The third-order valence-corrected chi connectivity index (χ3v) is 4.69. The Bertz CT molecular complexity index is 545. The molecule has 1 aromatic carbocycles. The van der Waals surface area contributed by atoms with Gasteiger partial charge >= 0.3 is 5.97 Å². The first-order valence-corrected chi connectivity index (χ1v) is 7.59. The highest BCUT2D eigenvalue weighted by Crippen LogP contribution is 2.44. The van der Waals surface area contributed by atoms with Crippen molar-refractivity contribution >= 4 is 40.2 Å². The quantitative estimate of drug-likeness (QED) is 0.780. The Morgan fingerprint density at radius 1 is 1.15 bits per heavy atom. The van der Waals surface area contributed by atoms with E-state index in [9.17, 15) is 14.7 Å². The molecule has 0 saturated carbocycles. The van der Waals surface area contributed by atoms with Crippen molar-refractivity contribution in [1.29, 1.82) is 0 Å². The molecule has 0 unspecified atom stereocenters. The molecule has 6 heteroatoms. The van der Waals surface area contributed by atoms with Crippen LogP contribution in [0.4, 0.5) is 5.69 Å². The number of benzene rings is 1. The van der Waals surface area contributed by atoms with Crippen LogP contribution in [0.5, 0.6) is 0 Å². The van der Waals surface area contributed by atoms with Gasteiger partial charge in [-0.3, -0.25) is 9.59 Å². The highest BCUT2D eigenvalue weighted by Gasteiger charge is 2.55. The lowest BCUT2D eigenvalue weighted by atomic mass is 9.78. The first-order chi connectivity index (χ1) is 9.56. The molecule has 2 N–H and O–H groups in total. The van der Waals surface area contributed by atoms with Crippen LogP contribution in [-0.2, 0) is 14.3 Å². The number of amides is 1. The Kier molecular flexibility index (Phi) is 3.68. The summed E-state index contributed by atoms with van der Waals surface area (Å²) in [6, 6.07) is 7.40. The zero-order chi connectivity index (χ0) is 14.3. The molecular formula is C14H14INO4. The van der Waals surface area contributed by atoms with Crippen molar-refractivity contribution in [3.63, 3.8) is 0 Å². The number of carboxylic acids is 1. The zero-order valence-electron chi connectivity index (χ0n) is 10.6. The molecule has 106 valence electrons. The number of rotatable bonds is 3. The van der Waals surface area contributed by atoms with Gasteiger partial charge in [0.2, 0.25) is 5.91 Å². The van der Waals surface area contributed by atoms with E-state index in [2.05, 4.69) is 27.9 Å². The first-order valence-electron chi connectivity index (χ1n) is 6.51. The molecule has 0 aliphatic carbocycles. The molecule has 20 heavy (non-hydrogen) atoms. The SMILES string of the molecule is O=C(Nc1ccc(I)cc1)[C@@H]1[C@H](C(=O)O)[C@H]2CC[C@H]1O2. The highest BCUT2D eigenvalue weighted by atomic mass is 127. The fraction of sp³-hybridized carbons (Fsp3) is 0.429. The van der Waals surface area contributed by atoms with Crippen LogP contribution in [0.1, 0.15) is 12.8 Å². The molecule has 2 fully saturated rings. The molecule has 1 aromatic rings. The van der Waals surface area contributed by atoms with Gasteiger partial charge in [0.1, 0.15) is 0 Å². The number of carbonyl (C=O) groups is 2. The van der Waals surface area contributed by atoms with E-state index in [1.54, 1.807) is 0 Å². The second-order valence-electron chi connectivity index (χ2n) is 5.18. The number of fused-ring (bicyclic) bond motifs is 2. The average molecular weight is 387 g/mol. The Labute approximate surface area is 129 Å². The van der Waals surface area contributed by atoms with E-state index in [1.165, 1.54) is 0 Å². The number of nitrogens with one attached hydrogen (secondary N) is 1. The van der Waals surface area contributed by atoms with Crippen LogP contribution in [0.3, 0.4) is 0 Å². The second-order valence-corrected chi connectivity index (χ2v) is 6.42. The predicted octanol–water partition coefficient (Wildman–Crippen LogP) is 2.11. The smallest absolute Gasteiger partial charge is 0.310 e. The predicted molar refractivity (Wildman–Crippen MR) is 80.3 cm³/mol. The van der Waals surface area contributed by atoms with Crippen molar-refractivity contribution in [2.24, 2.45) is 11.8 Å².